The van der Waals surface area contributed by atoms with Crippen molar-refractivity contribution in [2.45, 2.75) is 5.92 Å². The summed E-state index contributed by atoms with van der Waals surface area (Å²) < 4.78 is 30.7. The maximum Gasteiger partial charge on any atom is 0.200 e. The highest BCUT2D eigenvalue weighted by molar-refractivity contribution is 5.41. The van der Waals surface area contributed by atoms with Gasteiger partial charge in [-0.25, -0.2) is 4.39 Å². The highest BCUT2D eigenvalue weighted by Crippen LogP contribution is 2.36. The summed E-state index contributed by atoms with van der Waals surface area (Å²) in [7, 11) is 0. The number of rotatable bonds is 1. The fourth-order valence-corrected chi connectivity index (χ4v) is 1.44. The van der Waals surface area contributed by atoms with Gasteiger partial charge in [0.2, 0.25) is 5.82 Å². The van der Waals surface area contributed by atoms with Gasteiger partial charge in [-0.05, 0) is 6.07 Å². The summed E-state index contributed by atoms with van der Waals surface area (Å²) in [6, 6.07) is 2.49. The summed E-state index contributed by atoms with van der Waals surface area (Å²) in [5, 5.41) is 8.88. The van der Waals surface area contributed by atoms with Crippen LogP contribution >= 0.6 is 0 Å². The number of ether oxygens (including phenoxy) is 1. The van der Waals surface area contributed by atoms with Crippen molar-refractivity contribution in [3.63, 3.8) is 0 Å². The summed E-state index contributed by atoms with van der Waals surface area (Å²) in [5.74, 6) is -2.17. The molecule has 1 aromatic rings. The normalized spacial score (nSPS) is 19.8. The number of aliphatic hydroxyl groups is 1. The molecule has 70 valence electrons. The van der Waals surface area contributed by atoms with E-state index in [-0.39, 0.29) is 24.9 Å². The van der Waals surface area contributed by atoms with Crippen LogP contribution in [0.3, 0.4) is 0 Å². The lowest BCUT2D eigenvalue weighted by atomic mass is 10.0. The molecule has 1 N–H and O–H groups in total. The molecule has 0 aliphatic carbocycles. The van der Waals surface area contributed by atoms with Crippen molar-refractivity contribution in [3.8, 4) is 5.75 Å². The SMILES string of the molecule is OC[C@@H]1COc2c1ccc(F)c2F. The van der Waals surface area contributed by atoms with Crippen LogP contribution in [0.2, 0.25) is 0 Å². The Morgan fingerprint density at radius 2 is 2.23 bits per heavy atom. The average molecular weight is 186 g/mol. The number of aliphatic hydroxyl groups excluding tert-OH is 1. The fourth-order valence-electron chi connectivity index (χ4n) is 1.44. The minimum Gasteiger partial charge on any atom is -0.489 e. The zero-order valence-corrected chi connectivity index (χ0v) is 6.76. The van der Waals surface area contributed by atoms with Gasteiger partial charge in [0, 0.05) is 11.5 Å². The molecular weight excluding hydrogens is 178 g/mol. The van der Waals surface area contributed by atoms with Crippen LogP contribution in [0.15, 0.2) is 12.1 Å². The second-order valence-corrected chi connectivity index (χ2v) is 2.97. The van der Waals surface area contributed by atoms with Crippen LogP contribution in [-0.2, 0) is 0 Å². The first-order valence-electron chi connectivity index (χ1n) is 3.95. The zero-order valence-electron chi connectivity index (χ0n) is 6.76. The molecule has 1 heterocycles. The van der Waals surface area contributed by atoms with E-state index in [4.69, 9.17) is 9.84 Å². The van der Waals surface area contributed by atoms with Gasteiger partial charge in [0.15, 0.2) is 11.6 Å². The summed E-state index contributed by atoms with van der Waals surface area (Å²) in [4.78, 5) is 0. The molecule has 2 rings (SSSR count). The number of hydrogen-bond donors (Lipinski definition) is 1. The molecule has 0 unspecified atom stereocenters. The van der Waals surface area contributed by atoms with Crippen LogP contribution < -0.4 is 4.74 Å². The van der Waals surface area contributed by atoms with E-state index in [1.165, 1.54) is 6.07 Å². The third-order valence-electron chi connectivity index (χ3n) is 2.17. The van der Waals surface area contributed by atoms with Crippen LogP contribution in [0.4, 0.5) is 8.78 Å². The summed E-state index contributed by atoms with van der Waals surface area (Å²) in [6.07, 6.45) is 0. The van der Waals surface area contributed by atoms with E-state index in [0.29, 0.717) is 5.56 Å². The second-order valence-electron chi connectivity index (χ2n) is 2.97. The predicted octanol–water partition coefficient (Wildman–Crippen LogP) is 1.43. The summed E-state index contributed by atoms with van der Waals surface area (Å²) in [6.45, 7) is 0.101. The Morgan fingerprint density at radius 3 is 2.92 bits per heavy atom. The Labute approximate surface area is 73.8 Å². The third-order valence-corrected chi connectivity index (χ3v) is 2.17. The predicted molar refractivity (Wildman–Crippen MR) is 41.7 cm³/mol. The monoisotopic (exact) mass is 186 g/mol. The number of halogens is 2. The van der Waals surface area contributed by atoms with E-state index >= 15 is 0 Å². The minimum atomic E-state index is -0.964. The van der Waals surface area contributed by atoms with Crippen molar-refractivity contribution >= 4 is 0 Å². The lowest BCUT2D eigenvalue weighted by molar-refractivity contribution is 0.229. The van der Waals surface area contributed by atoms with Crippen molar-refractivity contribution in [2.24, 2.45) is 0 Å². The van der Waals surface area contributed by atoms with E-state index in [1.54, 1.807) is 0 Å². The fraction of sp³-hybridized carbons (Fsp3) is 0.333. The maximum atomic E-state index is 13.0. The Kier molecular flexibility index (Phi) is 1.92. The lowest BCUT2D eigenvalue weighted by Gasteiger charge is -2.03. The molecule has 0 aromatic heterocycles. The molecule has 2 nitrogen and oxygen atoms in total. The quantitative estimate of drug-likeness (QED) is 0.719. The van der Waals surface area contributed by atoms with Crippen LogP contribution in [0.1, 0.15) is 11.5 Å². The molecule has 0 radical (unpaired) electrons. The molecule has 0 saturated heterocycles. The van der Waals surface area contributed by atoms with Crippen LogP contribution in [0, 0.1) is 11.6 Å². The van der Waals surface area contributed by atoms with Gasteiger partial charge in [-0.3, -0.25) is 0 Å². The molecule has 1 aromatic carbocycles. The van der Waals surface area contributed by atoms with E-state index < -0.39 is 11.6 Å². The Bertz CT molecular complexity index is 339. The van der Waals surface area contributed by atoms with Gasteiger partial charge in [-0.15, -0.1) is 0 Å². The first-order valence-corrected chi connectivity index (χ1v) is 3.95. The first-order chi connectivity index (χ1) is 6.24. The van der Waals surface area contributed by atoms with Crippen LogP contribution in [-0.4, -0.2) is 18.3 Å². The minimum absolute atomic E-state index is 0.0564. The van der Waals surface area contributed by atoms with Crippen molar-refractivity contribution in [2.75, 3.05) is 13.2 Å². The molecule has 0 saturated carbocycles. The van der Waals surface area contributed by atoms with E-state index in [9.17, 15) is 8.78 Å². The van der Waals surface area contributed by atoms with Gasteiger partial charge in [0.25, 0.3) is 0 Å². The van der Waals surface area contributed by atoms with Gasteiger partial charge in [0.05, 0.1) is 13.2 Å². The van der Waals surface area contributed by atoms with Gasteiger partial charge in [-0.2, -0.15) is 4.39 Å². The highest BCUT2D eigenvalue weighted by Gasteiger charge is 2.27. The molecule has 0 spiro atoms. The molecule has 0 bridgehead atoms. The number of benzene rings is 1. The molecule has 1 atom stereocenters. The first kappa shape index (κ1) is 8.44. The Balaban J connectivity index is 2.50. The molecule has 13 heavy (non-hydrogen) atoms. The summed E-state index contributed by atoms with van der Waals surface area (Å²) in [5.41, 5.74) is 0.543. The van der Waals surface area contributed by atoms with Crippen molar-refractivity contribution in [1.82, 2.24) is 0 Å². The van der Waals surface area contributed by atoms with E-state index in [1.807, 2.05) is 0 Å². The van der Waals surface area contributed by atoms with E-state index in [2.05, 4.69) is 0 Å². The topological polar surface area (TPSA) is 29.5 Å². The average Bonchev–Trinajstić information content (AvgIpc) is 2.55. The maximum absolute atomic E-state index is 13.0. The Morgan fingerprint density at radius 1 is 1.46 bits per heavy atom. The molecule has 4 heteroatoms. The smallest absolute Gasteiger partial charge is 0.200 e. The van der Waals surface area contributed by atoms with Crippen molar-refractivity contribution in [1.29, 1.82) is 0 Å². The van der Waals surface area contributed by atoms with Gasteiger partial charge in [0.1, 0.15) is 0 Å². The zero-order chi connectivity index (χ0) is 9.42. The van der Waals surface area contributed by atoms with Crippen LogP contribution in [0.25, 0.3) is 0 Å². The summed E-state index contributed by atoms with van der Waals surface area (Å²) >= 11 is 0. The van der Waals surface area contributed by atoms with Crippen molar-refractivity contribution < 1.29 is 18.6 Å². The van der Waals surface area contributed by atoms with E-state index in [0.717, 1.165) is 6.07 Å². The van der Waals surface area contributed by atoms with Crippen LogP contribution in [0.5, 0.6) is 5.75 Å². The third kappa shape index (κ3) is 1.18. The molecule has 1 aliphatic rings. The second kappa shape index (κ2) is 2.96. The molecular formula is C9H8F2O2. The molecule has 0 amide bonds. The van der Waals surface area contributed by atoms with Gasteiger partial charge < -0.3 is 9.84 Å². The van der Waals surface area contributed by atoms with Crippen molar-refractivity contribution in [3.05, 3.63) is 29.3 Å². The highest BCUT2D eigenvalue weighted by atomic mass is 19.2. The van der Waals surface area contributed by atoms with Gasteiger partial charge >= 0.3 is 0 Å². The number of hydrogen-bond acceptors (Lipinski definition) is 2. The lowest BCUT2D eigenvalue weighted by Crippen LogP contribution is -2.04. The standard InChI is InChI=1S/C9H8F2O2/c10-7-2-1-6-5(3-12)4-13-9(6)8(7)11/h1-2,5,12H,3-4H2/t5-/m1/s1. The molecule has 0 fully saturated rings. The number of fused-ring (bicyclic) bond motifs is 1. The Hall–Kier alpha value is -1.16. The molecule has 1 aliphatic heterocycles. The van der Waals surface area contributed by atoms with Gasteiger partial charge in [-0.1, -0.05) is 6.07 Å². The largest absolute Gasteiger partial charge is 0.489 e.